The molecule has 2 aliphatic rings. The Morgan fingerprint density at radius 1 is 1.26 bits per heavy atom. The Morgan fingerprint density at radius 3 is 2.68 bits per heavy atom. The Bertz CT molecular complexity index is 1010. The summed E-state index contributed by atoms with van der Waals surface area (Å²) in [5, 5.41) is 1.13. The topological polar surface area (TPSA) is 64.4 Å². The van der Waals surface area contributed by atoms with Crippen LogP contribution in [0.15, 0.2) is 9.95 Å². The lowest BCUT2D eigenvalue weighted by molar-refractivity contribution is -0.132. The Labute approximate surface area is 192 Å². The van der Waals surface area contributed by atoms with Crippen LogP contribution in [0.4, 0.5) is 0 Å². The highest BCUT2D eigenvalue weighted by Gasteiger charge is 2.30. The van der Waals surface area contributed by atoms with Crippen LogP contribution < -0.4 is 5.56 Å². The molecule has 1 aliphatic carbocycles. The van der Waals surface area contributed by atoms with E-state index in [-0.39, 0.29) is 16.7 Å². The van der Waals surface area contributed by atoms with Gasteiger partial charge in [-0.3, -0.25) is 14.2 Å². The van der Waals surface area contributed by atoms with Crippen molar-refractivity contribution in [1.82, 2.24) is 14.5 Å². The summed E-state index contributed by atoms with van der Waals surface area (Å²) in [6.45, 7) is 8.88. The van der Waals surface area contributed by atoms with Gasteiger partial charge in [0.05, 0.1) is 23.8 Å². The van der Waals surface area contributed by atoms with Gasteiger partial charge in [0.25, 0.3) is 5.56 Å². The van der Waals surface area contributed by atoms with Gasteiger partial charge >= 0.3 is 0 Å². The van der Waals surface area contributed by atoms with Gasteiger partial charge in [-0.05, 0) is 56.4 Å². The highest BCUT2D eigenvalue weighted by Crippen LogP contribution is 2.35. The number of aromatic nitrogens is 2. The molecule has 170 valence electrons. The van der Waals surface area contributed by atoms with Crippen LogP contribution in [0.1, 0.15) is 50.5 Å². The van der Waals surface area contributed by atoms with E-state index in [0.29, 0.717) is 30.1 Å². The third kappa shape index (κ3) is 4.71. The molecule has 0 unspecified atom stereocenters. The van der Waals surface area contributed by atoms with E-state index in [1.54, 1.807) is 23.0 Å². The number of carbonyl (C=O) groups excluding carboxylic acids is 1. The first kappa shape index (κ1) is 22.8. The summed E-state index contributed by atoms with van der Waals surface area (Å²) in [5.41, 5.74) is 1.22. The zero-order valence-corrected chi connectivity index (χ0v) is 20.6. The van der Waals surface area contributed by atoms with Crippen molar-refractivity contribution >= 4 is 39.2 Å². The maximum atomic E-state index is 13.5. The van der Waals surface area contributed by atoms with Crippen molar-refractivity contribution in [3.63, 3.8) is 0 Å². The molecule has 0 aromatic carbocycles. The van der Waals surface area contributed by atoms with E-state index in [1.807, 2.05) is 11.8 Å². The maximum Gasteiger partial charge on any atom is 0.263 e. The Hall–Kier alpha value is -1.38. The van der Waals surface area contributed by atoms with Gasteiger partial charge in [0.1, 0.15) is 4.83 Å². The number of amides is 1. The first-order chi connectivity index (χ1) is 14.9. The summed E-state index contributed by atoms with van der Waals surface area (Å²) in [4.78, 5) is 35.7. The highest BCUT2D eigenvalue weighted by atomic mass is 32.2. The Kier molecular flexibility index (Phi) is 7.08. The fourth-order valence-electron chi connectivity index (χ4n) is 5.00. The first-order valence-corrected chi connectivity index (χ1v) is 13.1. The predicted molar refractivity (Wildman–Crippen MR) is 127 cm³/mol. The molecule has 1 saturated heterocycles. The number of rotatable bonds is 6. The number of methoxy groups -OCH3 is 1. The average Bonchev–Trinajstić information content (AvgIpc) is 3.10. The van der Waals surface area contributed by atoms with Gasteiger partial charge in [-0.25, -0.2) is 4.98 Å². The summed E-state index contributed by atoms with van der Waals surface area (Å²) >= 11 is 3.07. The second kappa shape index (κ2) is 9.63. The predicted octanol–water partition coefficient (Wildman–Crippen LogP) is 3.97. The Balaban J connectivity index is 1.65. The molecule has 8 heteroatoms. The number of thiophene rings is 1. The molecule has 1 aliphatic heterocycles. The minimum absolute atomic E-state index is 0.0174. The largest absolute Gasteiger partial charge is 0.383 e. The Morgan fingerprint density at radius 2 is 1.97 bits per heavy atom. The van der Waals surface area contributed by atoms with Crippen molar-refractivity contribution in [2.75, 3.05) is 26.8 Å². The summed E-state index contributed by atoms with van der Waals surface area (Å²) < 4.78 is 6.99. The number of ether oxygens (including phenoxy) is 1. The molecular weight excluding hydrogens is 430 g/mol. The zero-order valence-electron chi connectivity index (χ0n) is 19.0. The van der Waals surface area contributed by atoms with Gasteiger partial charge < -0.3 is 9.64 Å². The van der Waals surface area contributed by atoms with Crippen molar-refractivity contribution in [1.29, 1.82) is 0 Å². The van der Waals surface area contributed by atoms with E-state index in [9.17, 15) is 9.59 Å². The van der Waals surface area contributed by atoms with Crippen molar-refractivity contribution in [2.24, 2.45) is 11.8 Å². The monoisotopic (exact) mass is 463 g/mol. The minimum atomic E-state index is -0.287. The molecule has 1 fully saturated rings. The summed E-state index contributed by atoms with van der Waals surface area (Å²) in [7, 11) is 1.64. The van der Waals surface area contributed by atoms with E-state index in [2.05, 4.69) is 13.8 Å². The van der Waals surface area contributed by atoms with Gasteiger partial charge in [0.2, 0.25) is 5.91 Å². The minimum Gasteiger partial charge on any atom is -0.383 e. The van der Waals surface area contributed by atoms with Gasteiger partial charge in [0, 0.05) is 25.1 Å². The van der Waals surface area contributed by atoms with Crippen molar-refractivity contribution < 1.29 is 9.53 Å². The lowest BCUT2D eigenvalue weighted by atomic mass is 9.92. The second-order valence-corrected chi connectivity index (χ2v) is 11.6. The lowest BCUT2D eigenvalue weighted by Gasteiger charge is -2.36. The number of aryl methyl sites for hydroxylation is 2. The van der Waals surface area contributed by atoms with Crippen LogP contribution in [0.3, 0.4) is 0 Å². The number of fused-ring (bicyclic) bond motifs is 3. The molecule has 0 bridgehead atoms. The summed E-state index contributed by atoms with van der Waals surface area (Å²) in [5.74, 6) is 1.19. The van der Waals surface area contributed by atoms with Gasteiger partial charge in [0.15, 0.2) is 5.16 Å². The average molecular weight is 464 g/mol. The van der Waals surface area contributed by atoms with Crippen LogP contribution in [0.25, 0.3) is 10.2 Å². The van der Waals surface area contributed by atoms with E-state index in [4.69, 9.17) is 9.72 Å². The molecule has 4 rings (SSSR count). The fraction of sp³-hybridized carbons (Fsp3) is 0.696. The highest BCUT2D eigenvalue weighted by molar-refractivity contribution is 8.00. The third-order valence-corrected chi connectivity index (χ3v) is 8.63. The molecule has 6 nitrogen and oxygen atoms in total. The number of hydrogen-bond donors (Lipinski definition) is 0. The normalized spacial score (nSPS) is 22.5. The number of carbonyl (C=O) groups is 1. The SMILES string of the molecule is COCCn1c(S[C@H](C)C(=O)N2C[C@H](C)C[C@H](C)C2)nc2sc3c(c2c1=O)CCCC3. The smallest absolute Gasteiger partial charge is 0.263 e. The molecule has 0 spiro atoms. The second-order valence-electron chi connectivity index (χ2n) is 9.18. The number of piperidine rings is 1. The molecule has 1 amide bonds. The first-order valence-electron chi connectivity index (χ1n) is 11.4. The van der Waals surface area contributed by atoms with E-state index in [0.717, 1.165) is 42.6 Å². The number of likely N-dealkylation sites (tertiary alicyclic amines) is 1. The van der Waals surface area contributed by atoms with Gasteiger partial charge in [-0.15, -0.1) is 11.3 Å². The molecule has 2 aromatic heterocycles. The molecule has 0 N–H and O–H groups in total. The molecule has 0 saturated carbocycles. The zero-order chi connectivity index (χ0) is 22.1. The molecule has 3 atom stereocenters. The van der Waals surface area contributed by atoms with Crippen LogP contribution in [0.2, 0.25) is 0 Å². The number of thioether (sulfide) groups is 1. The number of hydrogen-bond acceptors (Lipinski definition) is 6. The number of nitrogens with zero attached hydrogens (tertiary/aromatic N) is 3. The van der Waals surface area contributed by atoms with Crippen molar-refractivity contribution in [3.05, 3.63) is 20.8 Å². The van der Waals surface area contributed by atoms with Crippen LogP contribution >= 0.6 is 23.1 Å². The quantitative estimate of drug-likeness (QED) is 0.479. The maximum absolute atomic E-state index is 13.5. The molecule has 0 radical (unpaired) electrons. The van der Waals surface area contributed by atoms with Crippen LogP contribution in [0.5, 0.6) is 0 Å². The molecule has 2 aromatic rings. The van der Waals surface area contributed by atoms with Crippen LogP contribution in [-0.2, 0) is 28.9 Å². The molecule has 3 heterocycles. The van der Waals surface area contributed by atoms with Gasteiger partial charge in [-0.1, -0.05) is 25.6 Å². The van der Waals surface area contributed by atoms with E-state index in [1.165, 1.54) is 35.0 Å². The molecular formula is C23H33N3O3S2. The van der Waals surface area contributed by atoms with E-state index >= 15 is 0 Å². The van der Waals surface area contributed by atoms with Gasteiger partial charge in [-0.2, -0.15) is 0 Å². The van der Waals surface area contributed by atoms with Crippen LogP contribution in [0, 0.1) is 11.8 Å². The van der Waals surface area contributed by atoms with Crippen LogP contribution in [-0.4, -0.2) is 52.4 Å². The lowest BCUT2D eigenvalue weighted by Crippen LogP contribution is -2.45. The summed E-state index contributed by atoms with van der Waals surface area (Å²) in [6.07, 6.45) is 5.48. The third-order valence-electron chi connectivity index (χ3n) is 6.37. The van der Waals surface area contributed by atoms with Crippen molar-refractivity contribution in [2.45, 2.75) is 69.8 Å². The molecule has 31 heavy (non-hydrogen) atoms. The summed E-state index contributed by atoms with van der Waals surface area (Å²) in [6, 6.07) is 0. The van der Waals surface area contributed by atoms with Crippen molar-refractivity contribution in [3.8, 4) is 0 Å². The standard InChI is InChI=1S/C23H33N3O3S2/c1-14-11-15(2)13-25(12-14)21(27)16(3)30-23-24-20-19(22(28)26(23)9-10-29-4)17-7-5-6-8-18(17)31-20/h14-16H,5-13H2,1-4H3/t14-,15+,16-/m1/s1. The van der Waals surface area contributed by atoms with E-state index < -0.39 is 0 Å². The fourth-order valence-corrected chi connectivity index (χ4v) is 7.32.